The molecule has 266 valence electrons. The van der Waals surface area contributed by atoms with Crippen molar-refractivity contribution in [3.63, 3.8) is 0 Å². The molecule has 2 aromatic carbocycles. The van der Waals surface area contributed by atoms with Crippen LogP contribution in [0.3, 0.4) is 0 Å². The van der Waals surface area contributed by atoms with Gasteiger partial charge >= 0.3 is 5.97 Å². The molecule has 15 nitrogen and oxygen atoms in total. The highest BCUT2D eigenvalue weighted by Crippen LogP contribution is 2.26. The number of hydrogen-bond donors (Lipinski definition) is 5. The van der Waals surface area contributed by atoms with Crippen LogP contribution < -0.4 is 26.0 Å². The lowest BCUT2D eigenvalue weighted by atomic mass is 9.96. The Labute approximate surface area is 288 Å². The van der Waals surface area contributed by atoms with Crippen molar-refractivity contribution in [2.75, 3.05) is 20.2 Å². The number of nitrogens with zero attached hydrogens (tertiary/aromatic N) is 2. The summed E-state index contributed by atoms with van der Waals surface area (Å²) in [7, 11) is 1.59. The molecule has 0 bridgehead atoms. The fourth-order valence-electron chi connectivity index (χ4n) is 6.30. The van der Waals surface area contributed by atoms with Gasteiger partial charge in [0, 0.05) is 31.6 Å². The highest BCUT2D eigenvalue weighted by atomic mass is 16.5. The van der Waals surface area contributed by atoms with E-state index in [9.17, 15) is 33.9 Å². The number of aryl methyl sites for hydroxylation is 1. The van der Waals surface area contributed by atoms with Gasteiger partial charge in [-0.1, -0.05) is 29.4 Å². The number of aromatic nitrogens is 1. The number of carboxylic acid groups (broad SMARTS) is 1. The minimum Gasteiger partial charge on any atom is -0.497 e. The Morgan fingerprint density at radius 2 is 1.80 bits per heavy atom. The van der Waals surface area contributed by atoms with E-state index in [0.29, 0.717) is 24.4 Å². The first kappa shape index (κ1) is 35.8. The van der Waals surface area contributed by atoms with Crippen molar-refractivity contribution in [1.82, 2.24) is 31.3 Å². The zero-order chi connectivity index (χ0) is 35.9. The molecule has 50 heavy (non-hydrogen) atoms. The zero-order valence-electron chi connectivity index (χ0n) is 28.2. The normalized spacial score (nSPS) is 22.7. The summed E-state index contributed by atoms with van der Waals surface area (Å²) in [5.74, 6) is -3.46. The largest absolute Gasteiger partial charge is 0.497 e. The van der Waals surface area contributed by atoms with Gasteiger partial charge < -0.3 is 40.5 Å². The van der Waals surface area contributed by atoms with E-state index in [4.69, 9.17) is 9.26 Å². The number of methoxy groups -OCH3 is 1. The van der Waals surface area contributed by atoms with E-state index in [1.54, 1.807) is 21.0 Å². The lowest BCUT2D eigenvalue weighted by Crippen LogP contribution is -2.55. The van der Waals surface area contributed by atoms with E-state index in [0.717, 1.165) is 16.3 Å². The number of aliphatic carboxylic acids is 1. The van der Waals surface area contributed by atoms with Crippen molar-refractivity contribution in [3.05, 3.63) is 59.5 Å². The van der Waals surface area contributed by atoms with Gasteiger partial charge in [-0.15, -0.1) is 0 Å². The van der Waals surface area contributed by atoms with Crippen LogP contribution in [-0.2, 0) is 24.0 Å². The van der Waals surface area contributed by atoms with Crippen LogP contribution in [0.25, 0.3) is 10.8 Å². The second-order valence-electron chi connectivity index (χ2n) is 12.8. The summed E-state index contributed by atoms with van der Waals surface area (Å²) in [5.41, 5.74) is 0.760. The Hall–Kier alpha value is -5.47. The van der Waals surface area contributed by atoms with Gasteiger partial charge in [-0.2, -0.15) is 0 Å². The molecule has 15 heteroatoms. The summed E-state index contributed by atoms with van der Waals surface area (Å²) in [6, 6.07) is 8.43. The van der Waals surface area contributed by atoms with Crippen molar-refractivity contribution in [2.24, 2.45) is 0 Å². The van der Waals surface area contributed by atoms with Gasteiger partial charge in [0.2, 0.25) is 23.6 Å². The standard InChI is InChI=1S/C35H42N6O9/c1-19-14-28(40-50-19)32(44)37-24-17-29-33(45)39-27(35(47)48)11-12-30(42)36-13-5-4-6-26(34(46)41(29)18-24)38-31(43)20(2)21-7-8-23-16-25(49-3)10-9-22(23)15-21/h7-10,14-16,20,24,26-27,29H,4-6,11-13,17-18H2,1-3H3,(H,36,42)(H,37,44)(H,38,43)(H,39,45)(H,47,48)/t20-,24+,26-,27-,29-/m0/s1. The Balaban J connectivity index is 1.40. The summed E-state index contributed by atoms with van der Waals surface area (Å²) in [4.78, 5) is 80.3. The van der Waals surface area contributed by atoms with Gasteiger partial charge in [-0.3, -0.25) is 24.0 Å². The number of amides is 5. The summed E-state index contributed by atoms with van der Waals surface area (Å²) < 4.78 is 10.3. The van der Waals surface area contributed by atoms with Crippen LogP contribution in [0, 0.1) is 6.92 Å². The number of carbonyl (C=O) groups excluding carboxylic acids is 5. The topological polar surface area (TPSA) is 209 Å². The van der Waals surface area contributed by atoms with E-state index >= 15 is 0 Å². The summed E-state index contributed by atoms with van der Waals surface area (Å²) in [6.07, 6.45) is 0.858. The molecule has 0 unspecified atom stereocenters. The molecule has 2 aliphatic heterocycles. The fourth-order valence-corrected chi connectivity index (χ4v) is 6.30. The molecule has 2 aliphatic rings. The molecule has 0 aliphatic carbocycles. The molecule has 5 N–H and O–H groups in total. The summed E-state index contributed by atoms with van der Waals surface area (Å²) >= 11 is 0. The highest BCUT2D eigenvalue weighted by molar-refractivity contribution is 5.96. The van der Waals surface area contributed by atoms with E-state index < -0.39 is 59.7 Å². The lowest BCUT2D eigenvalue weighted by Gasteiger charge is -2.30. The molecule has 0 radical (unpaired) electrons. The van der Waals surface area contributed by atoms with Crippen LogP contribution in [-0.4, -0.2) is 95.0 Å². The van der Waals surface area contributed by atoms with Crippen LogP contribution in [0.2, 0.25) is 0 Å². The minimum atomic E-state index is -1.39. The number of carboxylic acids is 1. The van der Waals surface area contributed by atoms with Gasteiger partial charge in [0.1, 0.15) is 29.6 Å². The Morgan fingerprint density at radius 3 is 2.52 bits per heavy atom. The number of hydrogen-bond acceptors (Lipinski definition) is 9. The highest BCUT2D eigenvalue weighted by Gasteiger charge is 2.43. The lowest BCUT2D eigenvalue weighted by molar-refractivity contribution is -0.145. The maximum atomic E-state index is 14.3. The number of nitrogens with one attached hydrogen (secondary N) is 4. The third-order valence-electron chi connectivity index (χ3n) is 9.18. The van der Waals surface area contributed by atoms with Gasteiger partial charge in [0.25, 0.3) is 5.91 Å². The Morgan fingerprint density at radius 1 is 1.04 bits per heavy atom. The smallest absolute Gasteiger partial charge is 0.326 e. The molecule has 3 aromatic rings. The van der Waals surface area contributed by atoms with E-state index in [1.165, 1.54) is 11.0 Å². The SMILES string of the molecule is COc1ccc2cc([C@H](C)C(=O)N[C@H]3CCCCNC(=O)CC[C@@H](C(=O)O)NC(=O)[C@@H]4C[C@@H](NC(=O)c5cc(C)on5)CN4C3=O)ccc2c1. The molecule has 5 rings (SSSR count). The van der Waals surface area contributed by atoms with Gasteiger partial charge in [0.05, 0.1) is 13.0 Å². The molecule has 0 saturated carbocycles. The van der Waals surface area contributed by atoms with Gasteiger partial charge in [0.15, 0.2) is 5.69 Å². The first-order valence-electron chi connectivity index (χ1n) is 16.7. The second kappa shape index (κ2) is 15.8. The fraction of sp³-hybridized carbons (Fsp3) is 0.457. The summed E-state index contributed by atoms with van der Waals surface area (Å²) in [6.45, 7) is 3.58. The Kier molecular flexibility index (Phi) is 11.3. The number of carbonyl (C=O) groups is 6. The maximum absolute atomic E-state index is 14.3. The predicted molar refractivity (Wildman–Crippen MR) is 179 cm³/mol. The van der Waals surface area contributed by atoms with Crippen molar-refractivity contribution in [3.8, 4) is 5.75 Å². The quantitative estimate of drug-likeness (QED) is 0.243. The maximum Gasteiger partial charge on any atom is 0.326 e. The van der Waals surface area contributed by atoms with Crippen LogP contribution in [0.15, 0.2) is 47.0 Å². The molecular weight excluding hydrogens is 648 g/mol. The van der Waals surface area contributed by atoms with E-state index in [1.807, 2.05) is 36.4 Å². The zero-order valence-corrected chi connectivity index (χ0v) is 28.2. The first-order chi connectivity index (χ1) is 23.9. The molecule has 1 aromatic heterocycles. The molecule has 3 heterocycles. The van der Waals surface area contributed by atoms with Crippen LogP contribution in [0.5, 0.6) is 5.75 Å². The first-order valence-corrected chi connectivity index (χ1v) is 16.7. The van der Waals surface area contributed by atoms with Crippen LogP contribution >= 0.6 is 0 Å². The monoisotopic (exact) mass is 690 g/mol. The second-order valence-corrected chi connectivity index (χ2v) is 12.8. The minimum absolute atomic E-state index is 0.0219. The number of benzene rings is 2. The van der Waals surface area contributed by atoms with Crippen molar-refractivity contribution >= 4 is 46.3 Å². The van der Waals surface area contributed by atoms with Gasteiger partial charge in [-0.05, 0) is 74.4 Å². The molecular formula is C35H42N6O9. The van der Waals surface area contributed by atoms with Gasteiger partial charge in [-0.25, -0.2) is 4.79 Å². The molecule has 2 fully saturated rings. The molecule has 2 saturated heterocycles. The number of fused-ring (bicyclic) bond motifs is 2. The van der Waals surface area contributed by atoms with E-state index in [-0.39, 0.29) is 50.4 Å². The predicted octanol–water partition coefficient (Wildman–Crippen LogP) is 1.78. The van der Waals surface area contributed by atoms with Crippen molar-refractivity contribution < 1.29 is 43.1 Å². The summed E-state index contributed by atoms with van der Waals surface area (Å²) in [5, 5.41) is 26.3. The average molecular weight is 691 g/mol. The Bertz CT molecular complexity index is 1770. The van der Waals surface area contributed by atoms with Crippen LogP contribution in [0.1, 0.15) is 73.2 Å². The number of ether oxygens (including phenoxy) is 1. The average Bonchev–Trinajstić information content (AvgIpc) is 3.73. The van der Waals surface area contributed by atoms with Crippen molar-refractivity contribution in [1.29, 1.82) is 0 Å². The van der Waals surface area contributed by atoms with E-state index in [2.05, 4.69) is 26.4 Å². The van der Waals surface area contributed by atoms with Crippen LogP contribution in [0.4, 0.5) is 0 Å². The third kappa shape index (κ3) is 8.57. The molecule has 5 amide bonds. The molecule has 0 spiro atoms. The van der Waals surface area contributed by atoms with Crippen molar-refractivity contribution in [2.45, 2.75) is 82.5 Å². The third-order valence-corrected chi connectivity index (χ3v) is 9.18. The number of rotatable bonds is 7. The molecule has 5 atom stereocenters.